The fourth-order valence-corrected chi connectivity index (χ4v) is 6.90. The third-order valence-corrected chi connectivity index (χ3v) is 9.26. The first-order valence-electron chi connectivity index (χ1n) is 13.2. The molecular weight excluding hydrogens is 666 g/mol. The van der Waals surface area contributed by atoms with Crippen molar-refractivity contribution in [2.75, 3.05) is 18.7 Å². The maximum atomic E-state index is 13.5. The molecule has 0 radical (unpaired) electrons. The molecule has 2 aliphatic heterocycles. The maximum Gasteiger partial charge on any atom is 0.374 e. The van der Waals surface area contributed by atoms with Crippen LogP contribution in [0.3, 0.4) is 0 Å². The number of halogens is 1. The van der Waals surface area contributed by atoms with Crippen LogP contribution in [0.1, 0.15) is 16.3 Å². The number of oxime groups is 1. The lowest BCUT2D eigenvalue weighted by atomic mass is 10.0. The van der Waals surface area contributed by atoms with Crippen LogP contribution >= 0.6 is 22.9 Å². The first-order valence-corrected chi connectivity index (χ1v) is 16.0. The fourth-order valence-electron chi connectivity index (χ4n) is 4.29. The molecule has 2 aliphatic rings. The number of aryl methyl sites for hydroxylation is 1. The zero-order valence-electron chi connectivity index (χ0n) is 24.6. The third kappa shape index (κ3) is 7.72. The first kappa shape index (κ1) is 34.6. The highest BCUT2D eigenvalue weighted by atomic mass is 35.5. The van der Waals surface area contributed by atoms with Crippen molar-refractivity contribution in [2.45, 2.75) is 24.9 Å². The van der Waals surface area contributed by atoms with Crippen molar-refractivity contribution in [2.24, 2.45) is 5.16 Å². The summed E-state index contributed by atoms with van der Waals surface area (Å²) in [5, 5.41) is 7.21. The summed E-state index contributed by atoms with van der Waals surface area (Å²) in [4.78, 5) is 73.0. The van der Waals surface area contributed by atoms with E-state index in [1.54, 1.807) is 31.2 Å². The highest BCUT2D eigenvalue weighted by Gasteiger charge is 2.61. The van der Waals surface area contributed by atoms with E-state index < -0.39 is 57.8 Å². The topological polar surface area (TPSA) is 195 Å². The van der Waals surface area contributed by atoms with Gasteiger partial charge in [0.2, 0.25) is 11.1 Å². The quantitative estimate of drug-likeness (QED) is 0.0224. The number of rotatable bonds is 14. The smallest absolute Gasteiger partial charge is 0.374 e. The highest BCUT2D eigenvalue weighted by molar-refractivity contribution is 7.92. The van der Waals surface area contributed by atoms with E-state index in [0.29, 0.717) is 16.3 Å². The Kier molecular flexibility index (Phi) is 11.9. The van der Waals surface area contributed by atoms with Crippen LogP contribution in [-0.2, 0) is 60.6 Å². The number of ether oxygens (including phenoxy) is 2. The minimum Gasteiger partial charge on any atom is -0.614 e. The molecule has 4 rings (SSSR count). The van der Waals surface area contributed by atoms with Crippen molar-refractivity contribution < 1.29 is 52.1 Å². The number of carbonyl (C=O) groups is 5. The van der Waals surface area contributed by atoms with Gasteiger partial charge in [0.1, 0.15) is 29.5 Å². The Balaban J connectivity index is 1.54. The van der Waals surface area contributed by atoms with Crippen LogP contribution in [0, 0.1) is 6.92 Å². The molecule has 3 atom stereocenters. The second-order valence-electron chi connectivity index (χ2n) is 9.36. The maximum absolute atomic E-state index is 13.5. The molecule has 240 valence electrons. The lowest BCUT2D eigenvalue weighted by Gasteiger charge is -2.49. The molecule has 15 nitrogen and oxygen atoms in total. The van der Waals surface area contributed by atoms with Crippen molar-refractivity contribution >= 4 is 85.6 Å². The predicted molar refractivity (Wildman–Crippen MR) is 168 cm³/mol. The number of aromatic nitrogens is 1. The van der Waals surface area contributed by atoms with E-state index in [0.717, 1.165) is 18.9 Å². The minimum absolute atomic E-state index is 0.0499. The van der Waals surface area contributed by atoms with Gasteiger partial charge in [-0.25, -0.2) is 14.6 Å². The number of hydrogen-bond donors (Lipinski definition) is 1. The molecule has 2 aromatic rings. The van der Waals surface area contributed by atoms with Gasteiger partial charge in [0.15, 0.2) is 11.8 Å². The molecular formula is C26H25B2ClN4O11S2. The summed E-state index contributed by atoms with van der Waals surface area (Å²) in [5.74, 6) is -2.67. The Morgan fingerprint density at radius 2 is 2.07 bits per heavy atom. The van der Waals surface area contributed by atoms with Crippen LogP contribution in [0.15, 0.2) is 57.8 Å². The standard InChI is InChI=1S/C26H25B2ClN4O11S2/c1-13-30-17(10-45-13)19(32-44-18(25(37)43-27)7-28-42-12-34)22(35)31-20-23(36)33-21(15(8-29)11-46(39)24(20)33)26(38)41-9-14-3-5-16(40-2)6-4-14/h3-7,10,12,20,24,28H,8-9,11,27H2,1-2H3,(H,31,35)/b18-7+,32-19-/t20-,24-,46?/m1/s1. The normalized spacial score (nSPS) is 19.3. The van der Waals surface area contributed by atoms with Crippen LogP contribution in [-0.4, -0.2) is 96.1 Å². The average molecular weight is 691 g/mol. The number of β-lactam (4-membered cyclic amide) rings is 1. The van der Waals surface area contributed by atoms with Gasteiger partial charge >= 0.3 is 27.5 Å². The Morgan fingerprint density at radius 3 is 2.67 bits per heavy atom. The predicted octanol–water partition coefficient (Wildman–Crippen LogP) is -0.710. The van der Waals surface area contributed by atoms with E-state index in [1.807, 2.05) is 0 Å². The van der Waals surface area contributed by atoms with Gasteiger partial charge in [-0.1, -0.05) is 17.3 Å². The molecule has 0 aliphatic carbocycles. The second-order valence-corrected chi connectivity index (χ2v) is 12.2. The molecule has 0 saturated carbocycles. The van der Waals surface area contributed by atoms with Crippen molar-refractivity contribution in [3.05, 3.63) is 68.9 Å². The Labute approximate surface area is 275 Å². The van der Waals surface area contributed by atoms with Gasteiger partial charge in [0.05, 0.1) is 18.0 Å². The van der Waals surface area contributed by atoms with E-state index in [9.17, 15) is 28.5 Å². The van der Waals surface area contributed by atoms with Crippen LogP contribution in [0.25, 0.3) is 0 Å². The molecule has 0 bridgehead atoms. The lowest BCUT2D eigenvalue weighted by molar-refractivity contribution is -0.153. The Hall–Kier alpha value is -4.32. The van der Waals surface area contributed by atoms with Gasteiger partial charge in [-0.2, -0.15) is 0 Å². The number of nitrogens with zero attached hydrogens (tertiary/aromatic N) is 3. The molecule has 1 aromatic carbocycles. The summed E-state index contributed by atoms with van der Waals surface area (Å²) < 4.78 is 32.9. The second kappa shape index (κ2) is 15.8. The molecule has 1 saturated heterocycles. The van der Waals surface area contributed by atoms with Crippen molar-refractivity contribution in [3.63, 3.8) is 0 Å². The van der Waals surface area contributed by atoms with Crippen molar-refractivity contribution in [3.8, 4) is 5.75 Å². The number of carbonyl (C=O) groups excluding carboxylic acids is 5. The molecule has 3 heterocycles. The van der Waals surface area contributed by atoms with Gasteiger partial charge in [-0.05, 0) is 41.8 Å². The number of alkyl halides is 1. The third-order valence-electron chi connectivity index (χ3n) is 6.51. The number of nitrogens with one attached hydrogen (secondary N) is 1. The lowest BCUT2D eigenvalue weighted by Crippen LogP contribution is -2.75. The van der Waals surface area contributed by atoms with Crippen LogP contribution in [0.4, 0.5) is 0 Å². The summed E-state index contributed by atoms with van der Waals surface area (Å²) >= 11 is 5.50. The monoisotopic (exact) mass is 690 g/mol. The molecule has 1 fully saturated rings. The zero-order chi connectivity index (χ0) is 33.4. The summed E-state index contributed by atoms with van der Waals surface area (Å²) in [6, 6.07) is 5.48. The van der Waals surface area contributed by atoms with Gasteiger partial charge in [-0.15, -0.1) is 22.9 Å². The van der Waals surface area contributed by atoms with Crippen LogP contribution in [0.5, 0.6) is 5.75 Å². The van der Waals surface area contributed by atoms with E-state index in [2.05, 4.69) is 24.8 Å². The number of methoxy groups -OCH3 is 1. The Bertz CT molecular complexity index is 1600. The summed E-state index contributed by atoms with van der Waals surface area (Å²) in [6.45, 7) is 1.71. The van der Waals surface area contributed by atoms with Crippen molar-refractivity contribution in [1.29, 1.82) is 0 Å². The van der Waals surface area contributed by atoms with E-state index in [4.69, 9.17) is 25.9 Å². The molecule has 2 amide bonds. The number of benzene rings is 1. The van der Waals surface area contributed by atoms with E-state index in [1.165, 1.54) is 23.8 Å². The fraction of sp³-hybridized carbons (Fsp3) is 0.269. The molecule has 1 N–H and O–H groups in total. The van der Waals surface area contributed by atoms with Crippen molar-refractivity contribution in [1.82, 2.24) is 15.2 Å². The van der Waals surface area contributed by atoms with Gasteiger partial charge in [0.25, 0.3) is 18.3 Å². The first-order chi connectivity index (χ1) is 22.1. The summed E-state index contributed by atoms with van der Waals surface area (Å²) in [5.41, 5.74) is 0.393. The Morgan fingerprint density at radius 1 is 1.33 bits per heavy atom. The van der Waals surface area contributed by atoms with Gasteiger partial charge in [-0.3, -0.25) is 19.3 Å². The summed E-state index contributed by atoms with van der Waals surface area (Å²) in [7, 11) is 2.24. The molecule has 0 spiro atoms. The number of hydrogen-bond acceptors (Lipinski definition) is 14. The average Bonchev–Trinajstić information content (AvgIpc) is 3.50. The SMILES string of the molecule is BOC(=O)/C(=C\BOC=O)O/N=C(\C(=O)N[C@@H]1C(=O)N2C(C(=O)OCc3ccc(OC)cc3)=C(CCl)C[S+]([O-])[C@H]12)c1csc(C)n1. The summed E-state index contributed by atoms with van der Waals surface area (Å²) in [6.07, 6.45) is 0. The van der Waals surface area contributed by atoms with Gasteiger partial charge in [0, 0.05) is 11.0 Å². The van der Waals surface area contributed by atoms with E-state index in [-0.39, 0.29) is 49.2 Å². The number of thiazole rings is 1. The number of esters is 1. The molecule has 1 unspecified atom stereocenters. The van der Waals surface area contributed by atoms with Crippen LogP contribution < -0.4 is 10.1 Å². The highest BCUT2D eigenvalue weighted by Crippen LogP contribution is 2.37. The number of fused-ring (bicyclic) bond motifs is 1. The molecule has 1 aromatic heterocycles. The molecule has 46 heavy (non-hydrogen) atoms. The minimum atomic E-state index is -1.75. The van der Waals surface area contributed by atoms with Gasteiger partial charge < -0.3 is 33.5 Å². The largest absolute Gasteiger partial charge is 0.614 e. The number of amides is 2. The van der Waals surface area contributed by atoms with Crippen LogP contribution in [0.2, 0.25) is 0 Å². The van der Waals surface area contributed by atoms with E-state index >= 15 is 0 Å². The molecule has 20 heteroatoms. The zero-order valence-corrected chi connectivity index (χ0v) is 26.9.